The number of aliphatic hydroxyl groups is 1. The van der Waals surface area contributed by atoms with Crippen molar-refractivity contribution in [3.8, 4) is 0 Å². The van der Waals surface area contributed by atoms with E-state index in [-0.39, 0.29) is 12.4 Å². The summed E-state index contributed by atoms with van der Waals surface area (Å²) in [4.78, 5) is 0. The van der Waals surface area contributed by atoms with Gasteiger partial charge in [-0.1, -0.05) is 0 Å². The lowest BCUT2D eigenvalue weighted by Crippen LogP contribution is -2.18. The molecule has 0 rings (SSSR count). The van der Waals surface area contributed by atoms with Crippen molar-refractivity contribution in [3.63, 3.8) is 0 Å². The standard InChI is InChI=1S/C6H13N3O/c1-5(4-6(7)8)9-2-3-10/h4,9-10H,2-3H2,1H3,(H3,7,8)/b5-4+. The minimum absolute atomic E-state index is 0.0166. The number of hydrogen-bond donors (Lipinski definition) is 4. The molecule has 0 aliphatic heterocycles. The molecule has 4 nitrogen and oxygen atoms in total. The van der Waals surface area contributed by atoms with E-state index >= 15 is 0 Å². The molecule has 5 N–H and O–H groups in total. The summed E-state index contributed by atoms with van der Waals surface area (Å²) >= 11 is 0. The fourth-order valence-corrected chi connectivity index (χ4v) is 0.537. The third-order valence-electron chi connectivity index (χ3n) is 0.888. The molecule has 0 amide bonds. The minimum Gasteiger partial charge on any atom is -0.395 e. The summed E-state index contributed by atoms with van der Waals surface area (Å²) in [5.74, 6) is 0.0166. The smallest absolute Gasteiger partial charge is 0.117 e. The molecule has 0 heterocycles. The first-order valence-electron chi connectivity index (χ1n) is 3.04. The zero-order valence-corrected chi connectivity index (χ0v) is 6.02. The molecule has 0 atom stereocenters. The molecule has 0 saturated carbocycles. The fraction of sp³-hybridized carbons (Fsp3) is 0.500. The van der Waals surface area contributed by atoms with E-state index in [1.54, 1.807) is 6.92 Å². The van der Waals surface area contributed by atoms with Gasteiger partial charge in [-0.15, -0.1) is 0 Å². The van der Waals surface area contributed by atoms with Crippen LogP contribution in [0.2, 0.25) is 0 Å². The van der Waals surface area contributed by atoms with E-state index < -0.39 is 0 Å². The molecule has 0 aliphatic carbocycles. The van der Waals surface area contributed by atoms with Gasteiger partial charge < -0.3 is 16.2 Å². The molecule has 0 aromatic rings. The van der Waals surface area contributed by atoms with Crippen LogP contribution < -0.4 is 11.1 Å². The topological polar surface area (TPSA) is 82.1 Å². The largest absolute Gasteiger partial charge is 0.395 e. The van der Waals surface area contributed by atoms with Crippen LogP contribution in [0.15, 0.2) is 11.8 Å². The Morgan fingerprint density at radius 3 is 2.80 bits per heavy atom. The van der Waals surface area contributed by atoms with Crippen LogP contribution in [0.4, 0.5) is 0 Å². The highest BCUT2D eigenvalue weighted by molar-refractivity contribution is 5.88. The van der Waals surface area contributed by atoms with Gasteiger partial charge in [0, 0.05) is 12.2 Å². The van der Waals surface area contributed by atoms with Gasteiger partial charge in [0.25, 0.3) is 0 Å². The normalized spacial score (nSPS) is 11.2. The predicted molar refractivity (Wildman–Crippen MR) is 40.8 cm³/mol. The Bertz CT molecular complexity index is 142. The lowest BCUT2D eigenvalue weighted by Gasteiger charge is -2.02. The van der Waals surface area contributed by atoms with Gasteiger partial charge in [0.15, 0.2) is 0 Å². The summed E-state index contributed by atoms with van der Waals surface area (Å²) in [6.07, 6.45) is 1.50. The summed E-state index contributed by atoms with van der Waals surface area (Å²) < 4.78 is 0. The van der Waals surface area contributed by atoms with Crippen molar-refractivity contribution >= 4 is 5.84 Å². The quantitative estimate of drug-likeness (QED) is 0.313. The van der Waals surface area contributed by atoms with Gasteiger partial charge in [0.1, 0.15) is 5.84 Å². The number of aliphatic hydroxyl groups excluding tert-OH is 1. The number of nitrogens with two attached hydrogens (primary N) is 1. The second kappa shape index (κ2) is 4.81. The van der Waals surface area contributed by atoms with Crippen LogP contribution in [-0.2, 0) is 0 Å². The molecule has 0 fully saturated rings. The Morgan fingerprint density at radius 1 is 1.80 bits per heavy atom. The van der Waals surface area contributed by atoms with Gasteiger partial charge in [-0.25, -0.2) is 0 Å². The summed E-state index contributed by atoms with van der Waals surface area (Å²) in [5, 5.41) is 18.1. The molecule has 0 aromatic carbocycles. The average molecular weight is 143 g/mol. The second-order valence-electron chi connectivity index (χ2n) is 1.93. The first kappa shape index (κ1) is 8.97. The first-order valence-corrected chi connectivity index (χ1v) is 3.04. The highest BCUT2D eigenvalue weighted by Gasteiger charge is 1.86. The number of nitrogens with one attached hydrogen (secondary N) is 2. The van der Waals surface area contributed by atoms with Crippen molar-refractivity contribution in [2.75, 3.05) is 13.2 Å². The SMILES string of the molecule is C/C(=C\C(=N)N)NCCO. The van der Waals surface area contributed by atoms with Crippen molar-refractivity contribution in [2.45, 2.75) is 6.92 Å². The van der Waals surface area contributed by atoms with E-state index in [2.05, 4.69) is 5.32 Å². The van der Waals surface area contributed by atoms with Crippen molar-refractivity contribution in [1.82, 2.24) is 5.32 Å². The summed E-state index contributed by atoms with van der Waals surface area (Å²) in [7, 11) is 0. The van der Waals surface area contributed by atoms with Crippen LogP contribution in [0.5, 0.6) is 0 Å². The lowest BCUT2D eigenvalue weighted by molar-refractivity contribution is 0.297. The van der Waals surface area contributed by atoms with Gasteiger partial charge in [-0.2, -0.15) is 0 Å². The predicted octanol–water partition coefficient (Wildman–Crippen LogP) is -0.592. The monoisotopic (exact) mass is 143 g/mol. The number of rotatable bonds is 4. The molecule has 10 heavy (non-hydrogen) atoms. The van der Waals surface area contributed by atoms with Crippen LogP contribution in [0.3, 0.4) is 0 Å². The fourth-order valence-electron chi connectivity index (χ4n) is 0.537. The molecule has 0 aromatic heterocycles. The minimum atomic E-state index is 0.0166. The average Bonchev–Trinajstić information content (AvgIpc) is 1.82. The Morgan fingerprint density at radius 2 is 2.40 bits per heavy atom. The first-order chi connectivity index (χ1) is 4.66. The van der Waals surface area contributed by atoms with E-state index in [9.17, 15) is 0 Å². The van der Waals surface area contributed by atoms with Crippen LogP contribution in [0.1, 0.15) is 6.92 Å². The van der Waals surface area contributed by atoms with E-state index in [0.29, 0.717) is 6.54 Å². The maximum absolute atomic E-state index is 8.37. The van der Waals surface area contributed by atoms with E-state index in [1.165, 1.54) is 6.08 Å². The summed E-state index contributed by atoms with van der Waals surface area (Å²) in [6, 6.07) is 0. The van der Waals surface area contributed by atoms with Crippen molar-refractivity contribution in [3.05, 3.63) is 11.8 Å². The number of hydrogen-bond acceptors (Lipinski definition) is 3. The Kier molecular flexibility index (Phi) is 4.32. The maximum Gasteiger partial charge on any atom is 0.117 e. The van der Waals surface area contributed by atoms with Crippen molar-refractivity contribution < 1.29 is 5.11 Å². The van der Waals surface area contributed by atoms with Gasteiger partial charge in [-0.3, -0.25) is 5.41 Å². The Labute approximate surface area is 60.2 Å². The van der Waals surface area contributed by atoms with Crippen LogP contribution in [0, 0.1) is 5.41 Å². The number of allylic oxidation sites excluding steroid dienone is 1. The van der Waals surface area contributed by atoms with Crippen LogP contribution >= 0.6 is 0 Å². The molecule has 0 aliphatic rings. The van der Waals surface area contributed by atoms with Crippen LogP contribution in [0.25, 0.3) is 0 Å². The molecule has 4 heteroatoms. The molecule has 0 bridgehead atoms. The molecule has 58 valence electrons. The molecule has 0 spiro atoms. The highest BCUT2D eigenvalue weighted by atomic mass is 16.3. The van der Waals surface area contributed by atoms with E-state index in [1.807, 2.05) is 0 Å². The van der Waals surface area contributed by atoms with Gasteiger partial charge in [-0.05, 0) is 13.0 Å². The zero-order valence-electron chi connectivity index (χ0n) is 6.02. The highest BCUT2D eigenvalue weighted by Crippen LogP contribution is 1.82. The second-order valence-corrected chi connectivity index (χ2v) is 1.93. The van der Waals surface area contributed by atoms with E-state index in [4.69, 9.17) is 16.2 Å². The maximum atomic E-state index is 8.37. The third kappa shape index (κ3) is 5.11. The van der Waals surface area contributed by atoms with Gasteiger partial charge in [0.05, 0.1) is 6.61 Å². The summed E-state index contributed by atoms with van der Waals surface area (Å²) in [5.41, 5.74) is 5.86. The zero-order chi connectivity index (χ0) is 7.98. The third-order valence-corrected chi connectivity index (χ3v) is 0.888. The van der Waals surface area contributed by atoms with Gasteiger partial charge >= 0.3 is 0 Å². The lowest BCUT2D eigenvalue weighted by atomic mass is 10.4. The Hall–Kier alpha value is -1.03. The van der Waals surface area contributed by atoms with E-state index in [0.717, 1.165) is 5.70 Å². The number of amidine groups is 1. The molecule has 0 unspecified atom stereocenters. The molecular formula is C6H13N3O. The van der Waals surface area contributed by atoms with Crippen molar-refractivity contribution in [1.29, 1.82) is 5.41 Å². The Balaban J connectivity index is 3.60. The summed E-state index contributed by atoms with van der Waals surface area (Å²) in [6.45, 7) is 2.37. The van der Waals surface area contributed by atoms with Gasteiger partial charge in [0.2, 0.25) is 0 Å². The molecule has 0 radical (unpaired) electrons. The van der Waals surface area contributed by atoms with Crippen LogP contribution in [-0.4, -0.2) is 24.1 Å². The molecular weight excluding hydrogens is 130 g/mol. The van der Waals surface area contributed by atoms with Crippen molar-refractivity contribution in [2.24, 2.45) is 5.73 Å². The molecule has 0 saturated heterocycles.